The Kier molecular flexibility index (Phi) is 6.90. The molecular formula is C26H19F3N6O5. The lowest BCUT2D eigenvalue weighted by atomic mass is 10.1. The monoisotopic (exact) mass is 552 g/mol. The van der Waals surface area contributed by atoms with Crippen molar-refractivity contribution in [2.45, 2.75) is 19.7 Å². The summed E-state index contributed by atoms with van der Waals surface area (Å²) in [6.45, 7) is 1.18. The van der Waals surface area contributed by atoms with Crippen LogP contribution in [0, 0.1) is 0 Å². The number of amides is 1. The van der Waals surface area contributed by atoms with Crippen LogP contribution in [0.4, 0.5) is 23.7 Å². The second-order valence-electron chi connectivity index (χ2n) is 8.37. The molecule has 3 heterocycles. The zero-order chi connectivity index (χ0) is 28.4. The molecule has 0 saturated heterocycles. The summed E-state index contributed by atoms with van der Waals surface area (Å²) in [5, 5.41) is 3.31. The molecule has 0 aliphatic heterocycles. The van der Waals surface area contributed by atoms with Crippen LogP contribution in [0.2, 0.25) is 0 Å². The molecule has 40 heavy (non-hydrogen) atoms. The number of nitrogens with one attached hydrogen (secondary N) is 2. The number of halogens is 3. The summed E-state index contributed by atoms with van der Waals surface area (Å²) in [7, 11) is 0. The maximum Gasteiger partial charge on any atom is 0.418 e. The van der Waals surface area contributed by atoms with Crippen LogP contribution >= 0.6 is 0 Å². The first kappa shape index (κ1) is 26.3. The molecule has 0 unspecified atom stereocenters. The molecule has 2 N–H and O–H groups in total. The molecule has 2 aromatic carbocycles. The molecule has 1 amide bonds. The van der Waals surface area contributed by atoms with Gasteiger partial charge in [0.25, 0.3) is 5.56 Å². The number of hydrogen-bond acceptors (Lipinski definition) is 8. The third-order valence-corrected chi connectivity index (χ3v) is 5.73. The lowest BCUT2D eigenvalue weighted by molar-refractivity contribution is -0.137. The summed E-state index contributed by atoms with van der Waals surface area (Å²) in [4.78, 5) is 51.1. The number of aromatic amines is 1. The number of para-hydroxylation sites is 1. The van der Waals surface area contributed by atoms with Crippen LogP contribution in [-0.4, -0.2) is 43.2 Å². The Labute approximate surface area is 222 Å². The number of esters is 1. The molecule has 5 rings (SSSR count). The maximum atomic E-state index is 13.9. The van der Waals surface area contributed by atoms with Gasteiger partial charge in [-0.25, -0.2) is 19.6 Å². The van der Waals surface area contributed by atoms with Crippen LogP contribution < -0.4 is 10.9 Å². The molecule has 0 radical (unpaired) electrons. The first-order valence-corrected chi connectivity index (χ1v) is 11.8. The quantitative estimate of drug-likeness (QED) is 0.291. The van der Waals surface area contributed by atoms with E-state index in [0.29, 0.717) is 16.6 Å². The highest BCUT2D eigenvalue weighted by Crippen LogP contribution is 2.36. The van der Waals surface area contributed by atoms with Gasteiger partial charge < -0.3 is 19.0 Å². The van der Waals surface area contributed by atoms with Gasteiger partial charge in [0.15, 0.2) is 0 Å². The minimum Gasteiger partial charge on any atom is -0.461 e. The van der Waals surface area contributed by atoms with Crippen LogP contribution in [-0.2, 0) is 22.3 Å². The number of anilines is 1. The Morgan fingerprint density at radius 2 is 1.88 bits per heavy atom. The third kappa shape index (κ3) is 5.32. The van der Waals surface area contributed by atoms with Crippen molar-refractivity contribution in [2.75, 3.05) is 11.9 Å². The zero-order valence-electron chi connectivity index (χ0n) is 20.7. The van der Waals surface area contributed by atoms with Gasteiger partial charge in [-0.3, -0.25) is 15.1 Å². The van der Waals surface area contributed by atoms with Gasteiger partial charge in [0.05, 0.1) is 52.1 Å². The van der Waals surface area contributed by atoms with E-state index in [0.717, 1.165) is 23.0 Å². The summed E-state index contributed by atoms with van der Waals surface area (Å²) < 4.78 is 52.9. The molecule has 11 nitrogen and oxygen atoms in total. The van der Waals surface area contributed by atoms with E-state index in [-0.39, 0.29) is 35.6 Å². The van der Waals surface area contributed by atoms with Crippen LogP contribution in [0.25, 0.3) is 27.6 Å². The number of ether oxygens (including phenoxy) is 2. The topological polar surface area (TPSA) is 141 Å². The van der Waals surface area contributed by atoms with Crippen molar-refractivity contribution < 1.29 is 32.2 Å². The number of rotatable bonds is 6. The van der Waals surface area contributed by atoms with Crippen molar-refractivity contribution in [2.24, 2.45) is 0 Å². The molecule has 0 fully saturated rings. The smallest absolute Gasteiger partial charge is 0.418 e. The second-order valence-corrected chi connectivity index (χ2v) is 8.37. The summed E-state index contributed by atoms with van der Waals surface area (Å²) >= 11 is 0. The fourth-order valence-electron chi connectivity index (χ4n) is 3.96. The number of alkyl halides is 3. The number of carbonyl (C=O) groups excluding carboxylic acids is 2. The Morgan fingerprint density at radius 3 is 2.65 bits per heavy atom. The molecule has 3 aromatic heterocycles. The Hall–Kier alpha value is -5.27. The highest BCUT2D eigenvalue weighted by Gasteiger charge is 2.35. The SMILES string of the molecule is CCOC(=O)c1nc2cc(-n3cnc(COC(=O)Nc4ccnc5ccccc45)c3)c(C(F)(F)F)cc2[nH]c1=O. The number of H-pyrrole nitrogens is 1. The summed E-state index contributed by atoms with van der Waals surface area (Å²) in [5.41, 5.74) is -2.04. The van der Waals surface area contributed by atoms with Crippen molar-refractivity contribution in [3.05, 3.63) is 88.5 Å². The van der Waals surface area contributed by atoms with Gasteiger partial charge >= 0.3 is 18.2 Å². The van der Waals surface area contributed by atoms with Crippen LogP contribution in [0.15, 0.2) is 66.0 Å². The third-order valence-electron chi connectivity index (χ3n) is 5.73. The molecule has 204 valence electrons. The summed E-state index contributed by atoms with van der Waals surface area (Å²) in [6.07, 6.45) is -1.71. The fourth-order valence-corrected chi connectivity index (χ4v) is 3.96. The lowest BCUT2D eigenvalue weighted by Crippen LogP contribution is -2.22. The molecule has 0 saturated carbocycles. The van der Waals surface area contributed by atoms with Gasteiger partial charge in [-0.2, -0.15) is 13.2 Å². The predicted octanol–water partition coefficient (Wildman–Crippen LogP) is 4.60. The largest absolute Gasteiger partial charge is 0.461 e. The molecule has 0 spiro atoms. The van der Waals surface area contributed by atoms with Crippen LogP contribution in [0.5, 0.6) is 0 Å². The molecular weight excluding hydrogens is 533 g/mol. The number of pyridine rings is 1. The highest BCUT2D eigenvalue weighted by molar-refractivity contribution is 5.98. The predicted molar refractivity (Wildman–Crippen MR) is 136 cm³/mol. The van der Waals surface area contributed by atoms with Gasteiger partial charge in [0.2, 0.25) is 5.69 Å². The molecule has 0 bridgehead atoms. The van der Waals surface area contributed by atoms with Crippen molar-refractivity contribution in [3.63, 3.8) is 0 Å². The number of benzene rings is 2. The van der Waals surface area contributed by atoms with Crippen molar-refractivity contribution in [1.29, 1.82) is 0 Å². The van der Waals surface area contributed by atoms with E-state index in [1.165, 1.54) is 19.3 Å². The van der Waals surface area contributed by atoms with E-state index in [9.17, 15) is 27.6 Å². The first-order valence-electron chi connectivity index (χ1n) is 11.8. The molecule has 0 aliphatic carbocycles. The van der Waals surface area contributed by atoms with Gasteiger partial charge in [0, 0.05) is 17.8 Å². The second kappa shape index (κ2) is 10.5. The van der Waals surface area contributed by atoms with Gasteiger partial charge in [-0.05, 0) is 31.2 Å². The van der Waals surface area contributed by atoms with E-state index in [2.05, 4.69) is 25.3 Å². The van der Waals surface area contributed by atoms with Gasteiger partial charge in [-0.15, -0.1) is 0 Å². The van der Waals surface area contributed by atoms with Crippen molar-refractivity contribution in [1.82, 2.24) is 24.5 Å². The summed E-state index contributed by atoms with van der Waals surface area (Å²) in [6, 6.07) is 10.5. The lowest BCUT2D eigenvalue weighted by Gasteiger charge is -2.14. The first-order chi connectivity index (χ1) is 19.1. The van der Waals surface area contributed by atoms with Crippen LogP contribution in [0.3, 0.4) is 0 Å². The summed E-state index contributed by atoms with van der Waals surface area (Å²) in [5.74, 6) is -1.01. The zero-order valence-corrected chi connectivity index (χ0v) is 20.7. The fraction of sp³-hybridized carbons (Fsp3) is 0.154. The van der Waals surface area contributed by atoms with Gasteiger partial charge in [-0.1, -0.05) is 18.2 Å². The van der Waals surface area contributed by atoms with Gasteiger partial charge in [0.1, 0.15) is 6.61 Å². The molecule has 0 aliphatic rings. The maximum absolute atomic E-state index is 13.9. The number of aromatic nitrogens is 5. The number of carbonyl (C=O) groups is 2. The Bertz CT molecular complexity index is 1810. The van der Waals surface area contributed by atoms with E-state index in [1.807, 2.05) is 6.07 Å². The number of nitrogens with zero attached hydrogens (tertiary/aromatic N) is 4. The van der Waals surface area contributed by atoms with Crippen molar-refractivity contribution in [3.8, 4) is 5.69 Å². The number of fused-ring (bicyclic) bond motifs is 2. The highest BCUT2D eigenvalue weighted by atomic mass is 19.4. The van der Waals surface area contributed by atoms with E-state index in [1.54, 1.807) is 24.3 Å². The molecule has 5 aromatic rings. The standard InChI is InChI=1S/C26H19F3N6O5/c1-2-39-24(37)22-23(36)33-19-9-16(26(27,28)29)21(10-20(19)32-22)35-11-14(31-13-35)12-40-25(38)34-18-7-8-30-17-6-4-3-5-15(17)18/h3-11,13H,2,12H2,1H3,(H,33,36)(H,30,34,38). The minimum absolute atomic E-state index is 0.0205. The molecule has 14 heteroatoms. The number of hydrogen-bond donors (Lipinski definition) is 2. The number of imidazole rings is 1. The van der Waals surface area contributed by atoms with E-state index >= 15 is 0 Å². The Balaban J connectivity index is 1.40. The Morgan fingerprint density at radius 1 is 1.07 bits per heavy atom. The normalized spacial score (nSPS) is 11.5. The minimum atomic E-state index is -4.81. The van der Waals surface area contributed by atoms with E-state index < -0.39 is 35.1 Å². The van der Waals surface area contributed by atoms with Crippen LogP contribution in [0.1, 0.15) is 28.7 Å². The average Bonchev–Trinajstić information content (AvgIpc) is 3.40. The average molecular weight is 552 g/mol. The van der Waals surface area contributed by atoms with Crippen molar-refractivity contribution >= 4 is 39.7 Å². The van der Waals surface area contributed by atoms with E-state index in [4.69, 9.17) is 9.47 Å². The molecule has 0 atom stereocenters.